The van der Waals surface area contributed by atoms with E-state index in [1.165, 1.54) is 12.3 Å². The summed E-state index contributed by atoms with van der Waals surface area (Å²) >= 11 is 0. The summed E-state index contributed by atoms with van der Waals surface area (Å²) in [7, 11) is 0. The monoisotopic (exact) mass is 323 g/mol. The van der Waals surface area contributed by atoms with Gasteiger partial charge in [-0.2, -0.15) is 9.37 Å². The highest BCUT2D eigenvalue weighted by Gasteiger charge is 2.25. The van der Waals surface area contributed by atoms with E-state index in [1.807, 2.05) is 18.2 Å². The molecule has 0 bridgehead atoms. The lowest BCUT2D eigenvalue weighted by Crippen LogP contribution is -2.45. The van der Waals surface area contributed by atoms with Gasteiger partial charge in [-0.25, -0.2) is 9.97 Å². The molecule has 0 atom stereocenters. The highest BCUT2D eigenvalue weighted by atomic mass is 19.1. The fraction of sp³-hybridized carbons (Fsp3) is 0.278. The highest BCUT2D eigenvalue weighted by molar-refractivity contribution is 5.90. The summed E-state index contributed by atoms with van der Waals surface area (Å²) in [6.45, 7) is 4.77. The number of benzene rings is 1. The number of anilines is 2. The van der Waals surface area contributed by atoms with Crippen molar-refractivity contribution in [3.63, 3.8) is 0 Å². The average Bonchev–Trinajstić information content (AvgIpc) is 2.58. The van der Waals surface area contributed by atoms with Crippen LogP contribution in [0.4, 0.5) is 16.2 Å². The number of para-hydroxylation sites is 1. The van der Waals surface area contributed by atoms with Crippen molar-refractivity contribution in [2.75, 3.05) is 23.3 Å². The minimum absolute atomic E-state index is 0.477. The minimum Gasteiger partial charge on any atom is -0.355 e. The molecule has 0 saturated carbocycles. The van der Waals surface area contributed by atoms with E-state index in [0.717, 1.165) is 35.4 Å². The van der Waals surface area contributed by atoms with Crippen LogP contribution in [0.15, 0.2) is 42.6 Å². The Balaban J connectivity index is 1.62. The van der Waals surface area contributed by atoms with Gasteiger partial charge < -0.3 is 10.2 Å². The Kier molecular flexibility index (Phi) is 3.72. The first kappa shape index (κ1) is 14.8. The van der Waals surface area contributed by atoms with Crippen LogP contribution in [0.25, 0.3) is 10.9 Å². The van der Waals surface area contributed by atoms with Gasteiger partial charge in [0.2, 0.25) is 11.9 Å². The Morgan fingerprint density at radius 3 is 2.75 bits per heavy atom. The molecule has 1 N–H and O–H groups in total. The molecule has 1 saturated heterocycles. The first-order valence-electron chi connectivity index (χ1n) is 8.05. The van der Waals surface area contributed by atoms with Gasteiger partial charge >= 0.3 is 0 Å². The lowest BCUT2D eigenvalue weighted by Gasteiger charge is -2.38. The van der Waals surface area contributed by atoms with Gasteiger partial charge in [-0.05, 0) is 29.7 Å². The Morgan fingerprint density at radius 2 is 2.00 bits per heavy atom. The Hall–Kier alpha value is -2.76. The lowest BCUT2D eigenvalue weighted by atomic mass is 10.0. The number of hydrogen-bond acceptors (Lipinski definition) is 5. The van der Waals surface area contributed by atoms with E-state index in [2.05, 4.69) is 33.2 Å². The van der Waals surface area contributed by atoms with Crippen molar-refractivity contribution in [3.8, 4) is 0 Å². The number of nitrogens with zero attached hydrogens (tertiary/aromatic N) is 4. The zero-order valence-electron chi connectivity index (χ0n) is 13.4. The highest BCUT2D eigenvalue weighted by Crippen LogP contribution is 2.30. The maximum absolute atomic E-state index is 12.9. The van der Waals surface area contributed by atoms with Gasteiger partial charge in [0.1, 0.15) is 5.82 Å². The molecule has 24 heavy (non-hydrogen) atoms. The number of halogens is 1. The summed E-state index contributed by atoms with van der Waals surface area (Å²) in [5.74, 6) is 1.77. The largest absolute Gasteiger partial charge is 0.355 e. The van der Waals surface area contributed by atoms with Crippen molar-refractivity contribution in [3.05, 3.63) is 54.1 Å². The van der Waals surface area contributed by atoms with Crippen LogP contribution >= 0.6 is 0 Å². The van der Waals surface area contributed by atoms with E-state index in [9.17, 15) is 4.39 Å². The van der Waals surface area contributed by atoms with Gasteiger partial charge in [0.15, 0.2) is 0 Å². The summed E-state index contributed by atoms with van der Waals surface area (Å²) in [5.41, 5.74) is 1.80. The number of nitrogens with one attached hydrogen (secondary N) is 1. The van der Waals surface area contributed by atoms with Gasteiger partial charge in [0.25, 0.3) is 0 Å². The summed E-state index contributed by atoms with van der Waals surface area (Å²) in [6.07, 6.45) is 1.52. The number of pyridine rings is 1. The van der Waals surface area contributed by atoms with Crippen molar-refractivity contribution < 1.29 is 4.39 Å². The molecule has 1 aliphatic heterocycles. The standard InChI is InChI=1S/C18H18FN5/c1-12-10-24(11-12)17-14-4-2-3-5-15(14)22-18(23-17)21-9-13-6-7-16(19)20-8-13/h2-8,12H,9-11H2,1H3,(H,21,22,23). The number of hydrogen-bond donors (Lipinski definition) is 1. The number of fused-ring (bicyclic) bond motifs is 1. The second kappa shape index (κ2) is 6.03. The van der Waals surface area contributed by atoms with Crippen molar-refractivity contribution in [2.45, 2.75) is 13.5 Å². The third-order valence-corrected chi connectivity index (χ3v) is 4.19. The third kappa shape index (κ3) is 2.87. The summed E-state index contributed by atoms with van der Waals surface area (Å²) in [4.78, 5) is 15.2. The normalized spacial score (nSPS) is 14.7. The van der Waals surface area contributed by atoms with Crippen molar-refractivity contribution >= 4 is 22.7 Å². The van der Waals surface area contributed by atoms with Crippen molar-refractivity contribution in [1.82, 2.24) is 15.0 Å². The maximum Gasteiger partial charge on any atom is 0.225 e. The minimum atomic E-state index is -0.477. The fourth-order valence-electron chi connectivity index (χ4n) is 2.94. The van der Waals surface area contributed by atoms with Crippen LogP contribution in [0.1, 0.15) is 12.5 Å². The molecule has 1 fully saturated rings. The zero-order chi connectivity index (χ0) is 16.5. The Bertz CT molecular complexity index is 859. The van der Waals surface area contributed by atoms with Crippen LogP contribution in [-0.2, 0) is 6.54 Å². The molecule has 0 amide bonds. The van der Waals surface area contributed by atoms with E-state index < -0.39 is 5.95 Å². The molecular formula is C18H18FN5. The van der Waals surface area contributed by atoms with Crippen molar-refractivity contribution in [2.24, 2.45) is 5.92 Å². The number of rotatable bonds is 4. The van der Waals surface area contributed by atoms with Crippen LogP contribution in [0, 0.1) is 11.9 Å². The van der Waals surface area contributed by atoms with Crippen LogP contribution in [0.2, 0.25) is 0 Å². The molecule has 122 valence electrons. The van der Waals surface area contributed by atoms with Gasteiger partial charge in [-0.3, -0.25) is 0 Å². The molecule has 3 aromatic rings. The molecule has 0 unspecified atom stereocenters. The smallest absolute Gasteiger partial charge is 0.225 e. The summed E-state index contributed by atoms with van der Waals surface area (Å²) in [6, 6.07) is 11.1. The van der Waals surface area contributed by atoms with Gasteiger partial charge in [-0.1, -0.05) is 25.1 Å². The second-order valence-corrected chi connectivity index (χ2v) is 6.24. The predicted molar refractivity (Wildman–Crippen MR) is 92.4 cm³/mol. The first-order valence-corrected chi connectivity index (χ1v) is 8.05. The molecule has 3 heterocycles. The van der Waals surface area contributed by atoms with E-state index in [-0.39, 0.29) is 0 Å². The van der Waals surface area contributed by atoms with E-state index in [1.54, 1.807) is 6.07 Å². The van der Waals surface area contributed by atoms with E-state index >= 15 is 0 Å². The number of aromatic nitrogens is 3. The molecule has 5 nitrogen and oxygen atoms in total. The SMILES string of the molecule is CC1CN(c2nc(NCc3ccc(F)nc3)nc3ccccc23)C1. The third-order valence-electron chi connectivity index (χ3n) is 4.19. The molecular weight excluding hydrogens is 305 g/mol. The average molecular weight is 323 g/mol. The Labute approximate surface area is 139 Å². The quantitative estimate of drug-likeness (QED) is 0.747. The zero-order valence-corrected chi connectivity index (χ0v) is 13.4. The van der Waals surface area contributed by atoms with E-state index in [4.69, 9.17) is 4.98 Å². The van der Waals surface area contributed by atoms with Gasteiger partial charge in [0.05, 0.1) is 5.52 Å². The fourth-order valence-corrected chi connectivity index (χ4v) is 2.94. The second-order valence-electron chi connectivity index (χ2n) is 6.24. The van der Waals surface area contributed by atoms with Crippen LogP contribution in [0.3, 0.4) is 0 Å². The van der Waals surface area contributed by atoms with Crippen LogP contribution in [-0.4, -0.2) is 28.0 Å². The molecule has 0 spiro atoms. The van der Waals surface area contributed by atoms with E-state index in [0.29, 0.717) is 18.4 Å². The molecule has 1 aliphatic rings. The Morgan fingerprint density at radius 1 is 1.17 bits per heavy atom. The molecule has 6 heteroatoms. The summed E-state index contributed by atoms with van der Waals surface area (Å²) < 4.78 is 12.9. The molecule has 0 radical (unpaired) electrons. The van der Waals surface area contributed by atoms with Gasteiger partial charge in [-0.15, -0.1) is 0 Å². The van der Waals surface area contributed by atoms with Crippen LogP contribution in [0.5, 0.6) is 0 Å². The summed E-state index contributed by atoms with van der Waals surface area (Å²) in [5, 5.41) is 4.28. The predicted octanol–water partition coefficient (Wildman–Crippen LogP) is 3.23. The lowest BCUT2D eigenvalue weighted by molar-refractivity contribution is 0.444. The molecule has 0 aliphatic carbocycles. The molecule has 2 aromatic heterocycles. The topological polar surface area (TPSA) is 53.9 Å². The van der Waals surface area contributed by atoms with Crippen LogP contribution < -0.4 is 10.2 Å². The molecule has 4 rings (SSSR count). The van der Waals surface area contributed by atoms with Gasteiger partial charge in [0, 0.05) is 31.2 Å². The molecule has 1 aromatic carbocycles. The first-order chi connectivity index (χ1) is 11.7. The van der Waals surface area contributed by atoms with Crippen molar-refractivity contribution in [1.29, 1.82) is 0 Å². The maximum atomic E-state index is 12.9.